The van der Waals surface area contributed by atoms with Gasteiger partial charge in [0, 0.05) is 101 Å². The molecule has 3 aromatic carbocycles. The molecule has 9 heterocycles. The van der Waals surface area contributed by atoms with Gasteiger partial charge in [0.1, 0.15) is 46.9 Å². The third kappa shape index (κ3) is 11.0. The zero-order valence-corrected chi connectivity index (χ0v) is 46.8. The number of piperidine rings is 1. The molecule has 0 spiro atoms. The maximum Gasteiger partial charge on any atom is 0.319 e. The van der Waals surface area contributed by atoms with Crippen molar-refractivity contribution in [2.75, 3.05) is 81.9 Å². The summed E-state index contributed by atoms with van der Waals surface area (Å²) in [5.74, 6) is 0.763. The highest BCUT2D eigenvalue weighted by atomic mass is 32.1. The Balaban J connectivity index is 0.630. The molecule has 12 rings (SSSR count). The number of halogens is 2. The van der Waals surface area contributed by atoms with Crippen LogP contribution in [0.25, 0.3) is 43.4 Å². The average Bonchev–Trinajstić information content (AvgIpc) is 4.39. The lowest BCUT2D eigenvalue weighted by Gasteiger charge is -2.44. The Bertz CT molecular complexity index is 3390. The summed E-state index contributed by atoms with van der Waals surface area (Å²) in [7, 11) is 0. The molecular formula is C60H70F2N12O5S. The Morgan fingerprint density at radius 2 is 1.77 bits per heavy atom. The zero-order valence-electron chi connectivity index (χ0n) is 46.0. The highest BCUT2D eigenvalue weighted by molar-refractivity contribution is 7.13. The SMILES string of the molecule is CCc1cccc2cc(O)cc(-c3ncc4c(N5CC6CCC(C5)N6)nc(OCCN5CCC(F)(CN6CCN(c7cc(CC(=O)N8CCCC8C(=O)NC(C)c8ccc(-c9scnc9C)cc8)on7)C(C)C6)CC5)nc4c3F)c12. The summed E-state index contributed by atoms with van der Waals surface area (Å²) < 4.78 is 45.8. The number of carbonyl (C=O) groups excluding carboxylic acids is 2. The third-order valence-electron chi connectivity index (χ3n) is 17.3. The van der Waals surface area contributed by atoms with Crippen LogP contribution in [0.1, 0.15) is 87.9 Å². The van der Waals surface area contributed by atoms with E-state index >= 15 is 8.78 Å². The molecule has 2 amide bonds. The van der Waals surface area contributed by atoms with Crippen molar-refractivity contribution in [1.29, 1.82) is 0 Å². The van der Waals surface area contributed by atoms with Crippen molar-refractivity contribution < 1.29 is 32.7 Å². The number of fused-ring (bicyclic) bond motifs is 4. The molecule has 420 valence electrons. The van der Waals surface area contributed by atoms with Gasteiger partial charge < -0.3 is 39.7 Å². The van der Waals surface area contributed by atoms with Gasteiger partial charge in [-0.25, -0.2) is 13.8 Å². The smallest absolute Gasteiger partial charge is 0.319 e. The minimum atomic E-state index is -1.35. The maximum absolute atomic E-state index is 17.1. The van der Waals surface area contributed by atoms with Gasteiger partial charge in [0.25, 0.3) is 0 Å². The van der Waals surface area contributed by atoms with Crippen molar-refractivity contribution in [2.24, 2.45) is 0 Å². The van der Waals surface area contributed by atoms with Gasteiger partial charge in [-0.1, -0.05) is 54.5 Å². The number of piperazine rings is 2. The molecular weight excluding hydrogens is 1040 g/mol. The van der Waals surface area contributed by atoms with Gasteiger partial charge in [-0.15, -0.1) is 11.3 Å². The van der Waals surface area contributed by atoms with Crippen LogP contribution in [0.3, 0.4) is 0 Å². The number of anilines is 2. The molecule has 20 heteroatoms. The number of benzene rings is 3. The molecule has 5 atom stereocenters. The quantitative estimate of drug-likeness (QED) is 0.0839. The highest BCUT2D eigenvalue weighted by Crippen LogP contribution is 2.40. The van der Waals surface area contributed by atoms with E-state index in [4.69, 9.17) is 24.2 Å². The number of carbonyl (C=O) groups is 2. The van der Waals surface area contributed by atoms with Crippen molar-refractivity contribution >= 4 is 56.5 Å². The maximum atomic E-state index is 17.1. The van der Waals surface area contributed by atoms with Crippen molar-refractivity contribution in [1.82, 2.24) is 50.4 Å². The van der Waals surface area contributed by atoms with Crippen LogP contribution in [0.15, 0.2) is 76.9 Å². The minimum Gasteiger partial charge on any atom is -0.508 e. The standard InChI is InChI=1S/C60H70F2N12O5S/c1-5-39-8-6-9-42-26-45(75)27-47(52(39)42)54-53(61)55-48(30-63-54)57(72-32-43-15-16-44(33-72)66-43)68-59(67-55)78-25-24-70-20-17-60(62,18-21-70)34-71-22-23-73(36(2)31-71)50-28-46(79-69-50)29-51(76)74-19-7-10-49(74)58(77)65-37(3)40-11-13-41(14-12-40)56-38(4)64-35-80-56/h6,8-9,11-14,26-28,30,35-37,43-44,49,66,75H,5,7,10,15-25,29,31-34H2,1-4H3,(H,65,77). The van der Waals surface area contributed by atoms with Crippen LogP contribution in [-0.2, 0) is 22.4 Å². The molecule has 5 saturated heterocycles. The molecule has 0 aliphatic carbocycles. The van der Waals surface area contributed by atoms with E-state index in [1.54, 1.807) is 34.6 Å². The first kappa shape index (κ1) is 53.8. The second-order valence-electron chi connectivity index (χ2n) is 22.7. The normalized spacial score (nSPS) is 21.9. The van der Waals surface area contributed by atoms with Gasteiger partial charge in [0.2, 0.25) is 11.8 Å². The first-order valence-corrected chi connectivity index (χ1v) is 29.4. The number of phenolic OH excluding ortho intramolecular Hbond substituents is 1. The fraction of sp³-hybridized carbons (Fsp3) is 0.483. The third-order valence-corrected chi connectivity index (χ3v) is 18.2. The van der Waals surface area contributed by atoms with Crippen LogP contribution in [0, 0.1) is 12.7 Å². The van der Waals surface area contributed by atoms with E-state index in [2.05, 4.69) is 66.4 Å². The largest absolute Gasteiger partial charge is 0.508 e. The molecule has 5 aliphatic heterocycles. The summed E-state index contributed by atoms with van der Waals surface area (Å²) in [5.41, 5.74) is 5.30. The van der Waals surface area contributed by atoms with E-state index in [1.807, 2.05) is 55.8 Å². The lowest BCUT2D eigenvalue weighted by Crippen LogP contribution is -2.56. The topological polar surface area (TPSA) is 181 Å². The number of hydrogen-bond donors (Lipinski definition) is 3. The number of phenols is 1. The number of aromatic nitrogens is 5. The first-order chi connectivity index (χ1) is 38.8. The van der Waals surface area contributed by atoms with Crippen LogP contribution >= 0.6 is 11.3 Å². The summed E-state index contributed by atoms with van der Waals surface area (Å²) in [6, 6.07) is 19.0. The van der Waals surface area contributed by atoms with Crippen LogP contribution in [0.5, 0.6) is 11.8 Å². The molecule has 4 aromatic heterocycles. The Hall–Kier alpha value is -6.87. The molecule has 5 unspecified atom stereocenters. The van der Waals surface area contributed by atoms with E-state index in [0.717, 1.165) is 76.8 Å². The number of ether oxygens (including phenoxy) is 1. The lowest BCUT2D eigenvalue weighted by molar-refractivity contribution is -0.138. The number of nitrogens with one attached hydrogen (secondary N) is 2. The highest BCUT2D eigenvalue weighted by Gasteiger charge is 2.40. The fourth-order valence-electron chi connectivity index (χ4n) is 13.0. The van der Waals surface area contributed by atoms with E-state index in [-0.39, 0.29) is 59.9 Å². The molecule has 7 aromatic rings. The predicted molar refractivity (Wildman–Crippen MR) is 305 cm³/mol. The predicted octanol–water partition coefficient (Wildman–Crippen LogP) is 8.42. The van der Waals surface area contributed by atoms with Crippen molar-refractivity contribution in [3.05, 3.63) is 101 Å². The van der Waals surface area contributed by atoms with E-state index < -0.39 is 17.5 Å². The molecule has 3 N–H and O–H groups in total. The van der Waals surface area contributed by atoms with Crippen LogP contribution in [0.4, 0.5) is 20.4 Å². The Morgan fingerprint density at radius 1 is 0.975 bits per heavy atom. The number of alkyl halides is 1. The monoisotopic (exact) mass is 1110 g/mol. The van der Waals surface area contributed by atoms with Crippen molar-refractivity contribution in [3.8, 4) is 33.5 Å². The number of rotatable bonds is 16. The number of thiazole rings is 1. The second kappa shape index (κ2) is 22.6. The lowest BCUT2D eigenvalue weighted by atomic mass is 9.92. The van der Waals surface area contributed by atoms with Crippen LogP contribution in [-0.4, -0.2) is 159 Å². The summed E-state index contributed by atoms with van der Waals surface area (Å²) in [5, 5.41) is 24.1. The van der Waals surface area contributed by atoms with Crippen molar-refractivity contribution in [2.45, 2.75) is 115 Å². The zero-order chi connectivity index (χ0) is 55.2. The van der Waals surface area contributed by atoms with Gasteiger partial charge in [-0.3, -0.25) is 24.4 Å². The summed E-state index contributed by atoms with van der Waals surface area (Å²) in [6.45, 7) is 14.2. The van der Waals surface area contributed by atoms with E-state index in [9.17, 15) is 14.7 Å². The molecule has 2 bridgehead atoms. The number of hydrogen-bond acceptors (Lipinski definition) is 16. The number of nitrogens with zero attached hydrogens (tertiary/aromatic N) is 10. The number of amides is 2. The number of aryl methyl sites for hydroxylation is 2. The summed E-state index contributed by atoms with van der Waals surface area (Å²) >= 11 is 1.61. The molecule has 5 aliphatic rings. The molecule has 17 nitrogen and oxygen atoms in total. The Morgan fingerprint density at radius 3 is 2.52 bits per heavy atom. The minimum absolute atomic E-state index is 0.00132. The molecule has 80 heavy (non-hydrogen) atoms. The number of aromatic hydroxyl groups is 1. The van der Waals surface area contributed by atoms with Gasteiger partial charge in [-0.2, -0.15) is 9.97 Å². The number of likely N-dealkylation sites (tertiary alicyclic amines) is 2. The van der Waals surface area contributed by atoms with Gasteiger partial charge in [0.15, 0.2) is 11.6 Å². The molecule has 0 radical (unpaired) electrons. The van der Waals surface area contributed by atoms with Gasteiger partial charge in [-0.05, 0) is 105 Å². The Kier molecular flexibility index (Phi) is 15.2. The van der Waals surface area contributed by atoms with E-state index in [1.165, 1.54) is 0 Å². The second-order valence-corrected chi connectivity index (χ2v) is 23.6. The van der Waals surface area contributed by atoms with Crippen LogP contribution in [0.2, 0.25) is 0 Å². The molecule has 0 saturated carbocycles. The first-order valence-electron chi connectivity index (χ1n) is 28.5. The Labute approximate surface area is 468 Å². The van der Waals surface area contributed by atoms with Gasteiger partial charge >= 0.3 is 6.01 Å². The number of pyridine rings is 1. The van der Waals surface area contributed by atoms with Crippen LogP contribution < -0.4 is 25.2 Å². The molecule has 5 fully saturated rings. The summed E-state index contributed by atoms with van der Waals surface area (Å²) in [4.78, 5) is 57.5. The average molecular weight is 1110 g/mol. The fourth-order valence-corrected chi connectivity index (χ4v) is 13.8. The van der Waals surface area contributed by atoms with E-state index in [0.29, 0.717) is 112 Å². The van der Waals surface area contributed by atoms with Crippen molar-refractivity contribution in [3.63, 3.8) is 0 Å². The summed E-state index contributed by atoms with van der Waals surface area (Å²) in [6.07, 6.45) is 6.61. The van der Waals surface area contributed by atoms with Gasteiger partial charge in [0.05, 0.1) is 33.9 Å².